The number of aromatic nitrogens is 1. The highest BCUT2D eigenvalue weighted by atomic mass is 16.6. The first kappa shape index (κ1) is 19.6. The lowest BCUT2D eigenvalue weighted by Crippen LogP contribution is -2.25. The van der Waals surface area contributed by atoms with E-state index in [0.717, 1.165) is 5.56 Å². The Hall–Kier alpha value is -2.76. The van der Waals surface area contributed by atoms with Crippen molar-refractivity contribution in [2.45, 2.75) is 46.3 Å². The lowest BCUT2D eigenvalue weighted by Gasteiger charge is -2.20. The van der Waals surface area contributed by atoms with Crippen LogP contribution in [0.2, 0.25) is 0 Å². The van der Waals surface area contributed by atoms with Crippen LogP contribution in [-0.2, 0) is 22.4 Å². The molecule has 2 rings (SSSR count). The van der Waals surface area contributed by atoms with Gasteiger partial charge in [0.25, 0.3) is 0 Å². The van der Waals surface area contributed by atoms with Gasteiger partial charge in [-0.25, -0.2) is 9.59 Å². The van der Waals surface area contributed by atoms with Gasteiger partial charge in [0.15, 0.2) is 11.4 Å². The van der Waals surface area contributed by atoms with Crippen molar-refractivity contribution in [1.82, 2.24) is 4.57 Å². The number of carbonyl (C=O) groups excluding carboxylic acids is 2. The fraction of sp³-hybridized carbons (Fsp3) is 0.400. The molecular weight excluding hydrogens is 334 g/mol. The van der Waals surface area contributed by atoms with Crippen molar-refractivity contribution < 1.29 is 24.2 Å². The smallest absolute Gasteiger partial charge is 0.359 e. The minimum absolute atomic E-state index is 0.0410. The fourth-order valence-electron chi connectivity index (χ4n) is 2.51. The zero-order chi connectivity index (χ0) is 19.3. The molecule has 0 fully saturated rings. The Bertz CT molecular complexity index is 771. The summed E-state index contributed by atoms with van der Waals surface area (Å²) < 4.78 is 11.9. The summed E-state index contributed by atoms with van der Waals surface area (Å²) in [6, 6.07) is 9.74. The van der Waals surface area contributed by atoms with E-state index < -0.39 is 23.3 Å². The van der Waals surface area contributed by atoms with Gasteiger partial charge >= 0.3 is 11.9 Å². The van der Waals surface area contributed by atoms with Crippen molar-refractivity contribution in [3.63, 3.8) is 0 Å². The number of benzene rings is 1. The molecule has 1 heterocycles. The molecule has 1 N–H and O–H groups in total. The van der Waals surface area contributed by atoms with Crippen molar-refractivity contribution in [1.29, 1.82) is 0 Å². The van der Waals surface area contributed by atoms with Gasteiger partial charge < -0.3 is 19.1 Å². The first-order valence-corrected chi connectivity index (χ1v) is 8.59. The predicted octanol–water partition coefficient (Wildman–Crippen LogP) is 3.57. The summed E-state index contributed by atoms with van der Waals surface area (Å²) in [6.45, 7) is 7.49. The van der Waals surface area contributed by atoms with E-state index in [9.17, 15) is 14.7 Å². The van der Waals surface area contributed by atoms with Crippen LogP contribution in [0.1, 0.15) is 54.1 Å². The topological polar surface area (TPSA) is 77.8 Å². The SMILES string of the molecule is CCOC(=O)c1cn(CCc2ccccc2)c(C(=O)OC(C)(C)C)c1O. The summed E-state index contributed by atoms with van der Waals surface area (Å²) in [7, 11) is 0. The molecule has 0 saturated heterocycles. The molecule has 0 saturated carbocycles. The number of esters is 2. The minimum atomic E-state index is -0.720. The molecule has 2 aromatic rings. The average molecular weight is 359 g/mol. The molecule has 0 spiro atoms. The minimum Gasteiger partial charge on any atom is -0.505 e. The molecule has 0 unspecified atom stereocenters. The number of hydrogen-bond acceptors (Lipinski definition) is 5. The van der Waals surface area contributed by atoms with E-state index in [1.807, 2.05) is 30.3 Å². The van der Waals surface area contributed by atoms with Crippen LogP contribution in [0.5, 0.6) is 5.75 Å². The molecule has 1 aromatic carbocycles. The second kappa shape index (κ2) is 8.08. The van der Waals surface area contributed by atoms with E-state index in [-0.39, 0.29) is 17.9 Å². The number of carbonyl (C=O) groups is 2. The monoisotopic (exact) mass is 359 g/mol. The third-order valence-electron chi connectivity index (χ3n) is 3.62. The van der Waals surface area contributed by atoms with Gasteiger partial charge in [-0.3, -0.25) is 0 Å². The van der Waals surface area contributed by atoms with Crippen LogP contribution in [0.3, 0.4) is 0 Å². The Kier molecular flexibility index (Phi) is 6.08. The van der Waals surface area contributed by atoms with E-state index in [1.54, 1.807) is 32.3 Å². The maximum absolute atomic E-state index is 12.6. The molecule has 0 bridgehead atoms. The van der Waals surface area contributed by atoms with Gasteiger partial charge in [0.1, 0.15) is 11.2 Å². The molecule has 0 atom stereocenters. The highest BCUT2D eigenvalue weighted by Crippen LogP contribution is 2.28. The molecule has 0 radical (unpaired) electrons. The highest BCUT2D eigenvalue weighted by Gasteiger charge is 2.29. The second-order valence-electron chi connectivity index (χ2n) is 6.89. The summed E-state index contributed by atoms with van der Waals surface area (Å²) >= 11 is 0. The summed E-state index contributed by atoms with van der Waals surface area (Å²) in [4.78, 5) is 24.6. The first-order chi connectivity index (χ1) is 12.2. The van der Waals surface area contributed by atoms with Gasteiger partial charge in [-0.2, -0.15) is 0 Å². The van der Waals surface area contributed by atoms with Crippen molar-refractivity contribution in [2.75, 3.05) is 6.61 Å². The summed E-state index contributed by atoms with van der Waals surface area (Å²) in [5.74, 6) is -1.77. The second-order valence-corrected chi connectivity index (χ2v) is 6.89. The lowest BCUT2D eigenvalue weighted by molar-refractivity contribution is 0.00547. The van der Waals surface area contributed by atoms with E-state index in [2.05, 4.69) is 0 Å². The largest absolute Gasteiger partial charge is 0.505 e. The Morgan fingerprint density at radius 2 is 1.77 bits per heavy atom. The van der Waals surface area contributed by atoms with E-state index in [0.29, 0.717) is 13.0 Å². The third kappa shape index (κ3) is 4.88. The normalized spacial score (nSPS) is 11.2. The highest BCUT2D eigenvalue weighted by molar-refractivity contribution is 5.99. The maximum Gasteiger partial charge on any atom is 0.359 e. The zero-order valence-corrected chi connectivity index (χ0v) is 15.6. The van der Waals surface area contributed by atoms with Gasteiger partial charge in [0, 0.05) is 12.7 Å². The van der Waals surface area contributed by atoms with Gasteiger partial charge in [-0.1, -0.05) is 30.3 Å². The zero-order valence-electron chi connectivity index (χ0n) is 15.6. The lowest BCUT2D eigenvalue weighted by atomic mass is 10.1. The van der Waals surface area contributed by atoms with Crippen LogP contribution in [-0.4, -0.2) is 33.8 Å². The fourth-order valence-corrected chi connectivity index (χ4v) is 2.51. The molecule has 1 aromatic heterocycles. The third-order valence-corrected chi connectivity index (χ3v) is 3.62. The summed E-state index contributed by atoms with van der Waals surface area (Å²) in [6.07, 6.45) is 2.07. The van der Waals surface area contributed by atoms with Gasteiger partial charge in [0.2, 0.25) is 0 Å². The molecule has 0 aliphatic carbocycles. The number of hydrogen-bond donors (Lipinski definition) is 1. The molecule has 0 amide bonds. The predicted molar refractivity (Wildman–Crippen MR) is 97.4 cm³/mol. The van der Waals surface area contributed by atoms with Gasteiger partial charge in [-0.15, -0.1) is 0 Å². The van der Waals surface area contributed by atoms with Crippen molar-refractivity contribution in [3.8, 4) is 5.75 Å². The van der Waals surface area contributed by atoms with Gasteiger partial charge in [0.05, 0.1) is 6.61 Å². The van der Waals surface area contributed by atoms with E-state index >= 15 is 0 Å². The van der Waals surface area contributed by atoms with E-state index in [4.69, 9.17) is 9.47 Å². The van der Waals surface area contributed by atoms with Crippen LogP contribution >= 0.6 is 0 Å². The molecule has 0 aliphatic rings. The molecule has 140 valence electrons. The van der Waals surface area contributed by atoms with Crippen LogP contribution in [0, 0.1) is 0 Å². The van der Waals surface area contributed by atoms with Crippen LogP contribution in [0.25, 0.3) is 0 Å². The molecule has 6 nitrogen and oxygen atoms in total. The Morgan fingerprint density at radius 1 is 1.12 bits per heavy atom. The van der Waals surface area contributed by atoms with Crippen LogP contribution < -0.4 is 0 Å². The number of aryl methyl sites for hydroxylation is 2. The van der Waals surface area contributed by atoms with Gasteiger partial charge in [-0.05, 0) is 39.7 Å². The van der Waals surface area contributed by atoms with Crippen LogP contribution in [0.15, 0.2) is 36.5 Å². The Morgan fingerprint density at radius 3 is 2.35 bits per heavy atom. The molecular formula is C20H25NO5. The number of aromatic hydroxyl groups is 1. The average Bonchev–Trinajstić information content (AvgIpc) is 2.89. The van der Waals surface area contributed by atoms with Crippen LogP contribution in [0.4, 0.5) is 0 Å². The van der Waals surface area contributed by atoms with Crippen molar-refractivity contribution in [3.05, 3.63) is 53.3 Å². The maximum atomic E-state index is 12.6. The Labute approximate surface area is 153 Å². The summed E-state index contributed by atoms with van der Waals surface area (Å²) in [5, 5.41) is 10.4. The standard InChI is InChI=1S/C20H25NO5/c1-5-25-18(23)15-13-21(12-11-14-9-7-6-8-10-14)16(17(15)22)19(24)26-20(2,3)4/h6-10,13,22H,5,11-12H2,1-4H3. The quantitative estimate of drug-likeness (QED) is 0.798. The number of rotatable bonds is 6. The number of ether oxygens (including phenoxy) is 2. The first-order valence-electron chi connectivity index (χ1n) is 8.59. The molecule has 0 aliphatic heterocycles. The van der Waals surface area contributed by atoms with E-state index in [1.165, 1.54) is 6.20 Å². The van der Waals surface area contributed by atoms with Crippen molar-refractivity contribution in [2.24, 2.45) is 0 Å². The Balaban J connectivity index is 2.35. The molecule has 26 heavy (non-hydrogen) atoms. The molecule has 6 heteroatoms. The number of nitrogens with zero attached hydrogens (tertiary/aromatic N) is 1. The summed E-state index contributed by atoms with van der Waals surface area (Å²) in [5.41, 5.74) is 0.274. The van der Waals surface area contributed by atoms with Crippen molar-refractivity contribution >= 4 is 11.9 Å².